The number of hydrazone groups is 1. The SMILES string of the molecule is CC(=O)N1N=C(CC#N)O[C@@]1(C)CC(=O)Nc1ccccc1. The zero-order valence-electron chi connectivity index (χ0n) is 12.4. The Morgan fingerprint density at radius 3 is 2.68 bits per heavy atom. The Hall–Kier alpha value is -2.88. The van der Waals surface area contributed by atoms with E-state index in [1.165, 1.54) is 6.92 Å². The van der Waals surface area contributed by atoms with E-state index in [-0.39, 0.29) is 30.6 Å². The van der Waals surface area contributed by atoms with Crippen LogP contribution in [0.4, 0.5) is 5.69 Å². The van der Waals surface area contributed by atoms with Gasteiger partial charge in [0.25, 0.3) is 0 Å². The van der Waals surface area contributed by atoms with Gasteiger partial charge in [-0.05, 0) is 19.1 Å². The minimum Gasteiger partial charge on any atom is -0.450 e. The van der Waals surface area contributed by atoms with Gasteiger partial charge in [0.05, 0.1) is 12.5 Å². The first-order valence-corrected chi connectivity index (χ1v) is 6.74. The molecule has 22 heavy (non-hydrogen) atoms. The van der Waals surface area contributed by atoms with Gasteiger partial charge in [-0.25, -0.2) is 0 Å². The third-order valence-electron chi connectivity index (χ3n) is 3.07. The zero-order valence-corrected chi connectivity index (χ0v) is 12.4. The molecule has 2 rings (SSSR count). The van der Waals surface area contributed by atoms with Crippen LogP contribution >= 0.6 is 0 Å². The largest absolute Gasteiger partial charge is 0.450 e. The van der Waals surface area contributed by atoms with Crippen molar-refractivity contribution in [1.82, 2.24) is 5.01 Å². The Labute approximate surface area is 128 Å². The molecule has 0 saturated carbocycles. The number of para-hydroxylation sites is 1. The molecule has 1 aliphatic heterocycles. The van der Waals surface area contributed by atoms with Gasteiger partial charge in [-0.2, -0.15) is 10.3 Å². The normalized spacial score (nSPS) is 19.9. The number of ether oxygens (including phenoxy) is 1. The monoisotopic (exact) mass is 300 g/mol. The summed E-state index contributed by atoms with van der Waals surface area (Å²) in [6.07, 6.45) is -0.153. The van der Waals surface area contributed by atoms with E-state index < -0.39 is 5.72 Å². The number of anilines is 1. The van der Waals surface area contributed by atoms with Crippen LogP contribution in [-0.2, 0) is 14.3 Å². The predicted molar refractivity (Wildman–Crippen MR) is 79.4 cm³/mol. The molecule has 1 atom stereocenters. The van der Waals surface area contributed by atoms with Crippen LogP contribution in [0.2, 0.25) is 0 Å². The molecule has 1 aliphatic rings. The van der Waals surface area contributed by atoms with Gasteiger partial charge in [0, 0.05) is 12.6 Å². The summed E-state index contributed by atoms with van der Waals surface area (Å²) in [5.41, 5.74) is -0.571. The van der Waals surface area contributed by atoms with Gasteiger partial charge in [-0.15, -0.1) is 5.10 Å². The second kappa shape index (κ2) is 6.26. The quantitative estimate of drug-likeness (QED) is 0.917. The van der Waals surface area contributed by atoms with Crippen LogP contribution in [0.1, 0.15) is 26.7 Å². The highest BCUT2D eigenvalue weighted by Gasteiger charge is 2.44. The molecule has 7 heteroatoms. The lowest BCUT2D eigenvalue weighted by Crippen LogP contribution is -2.46. The lowest BCUT2D eigenvalue weighted by atomic mass is 10.1. The van der Waals surface area contributed by atoms with Crippen molar-refractivity contribution in [3.8, 4) is 6.07 Å². The summed E-state index contributed by atoms with van der Waals surface area (Å²) in [6.45, 7) is 2.92. The number of nitriles is 1. The Bertz CT molecular complexity index is 651. The summed E-state index contributed by atoms with van der Waals surface area (Å²) in [6, 6.07) is 10.9. The van der Waals surface area contributed by atoms with Crippen molar-refractivity contribution in [1.29, 1.82) is 5.26 Å². The molecule has 0 aliphatic carbocycles. The van der Waals surface area contributed by atoms with Crippen LogP contribution in [0.25, 0.3) is 0 Å². The second-order valence-electron chi connectivity index (χ2n) is 5.03. The van der Waals surface area contributed by atoms with E-state index in [1.54, 1.807) is 31.2 Å². The lowest BCUT2D eigenvalue weighted by Gasteiger charge is -2.29. The highest BCUT2D eigenvalue weighted by Crippen LogP contribution is 2.29. The maximum atomic E-state index is 12.2. The third kappa shape index (κ3) is 3.41. The first-order valence-electron chi connectivity index (χ1n) is 6.74. The highest BCUT2D eigenvalue weighted by molar-refractivity contribution is 5.93. The molecule has 1 aromatic rings. The van der Waals surface area contributed by atoms with Gasteiger partial charge in [-0.3, -0.25) is 9.59 Å². The van der Waals surface area contributed by atoms with E-state index >= 15 is 0 Å². The van der Waals surface area contributed by atoms with E-state index in [1.807, 2.05) is 12.1 Å². The first kappa shape index (κ1) is 15.5. The molecule has 0 unspecified atom stereocenters. The summed E-state index contributed by atoms with van der Waals surface area (Å²) < 4.78 is 5.54. The van der Waals surface area contributed by atoms with E-state index in [0.717, 1.165) is 5.01 Å². The van der Waals surface area contributed by atoms with E-state index in [9.17, 15) is 9.59 Å². The van der Waals surface area contributed by atoms with Crippen molar-refractivity contribution in [2.45, 2.75) is 32.4 Å². The molecule has 0 fully saturated rings. The maximum absolute atomic E-state index is 12.2. The third-order valence-corrected chi connectivity index (χ3v) is 3.07. The van der Waals surface area contributed by atoms with Crippen LogP contribution in [0.3, 0.4) is 0 Å². The fourth-order valence-electron chi connectivity index (χ4n) is 2.21. The van der Waals surface area contributed by atoms with Crippen LogP contribution in [-0.4, -0.2) is 28.4 Å². The first-order chi connectivity index (χ1) is 10.4. The smallest absolute Gasteiger partial charge is 0.243 e. The van der Waals surface area contributed by atoms with Gasteiger partial charge in [0.1, 0.15) is 6.42 Å². The fraction of sp³-hybridized carbons (Fsp3) is 0.333. The Kier molecular flexibility index (Phi) is 4.41. The van der Waals surface area contributed by atoms with Gasteiger partial charge in [0.15, 0.2) is 0 Å². The van der Waals surface area contributed by atoms with Gasteiger partial charge in [0.2, 0.25) is 23.4 Å². The number of rotatable bonds is 4. The molecular formula is C15H16N4O3. The molecule has 1 N–H and O–H groups in total. The summed E-state index contributed by atoms with van der Waals surface area (Å²) in [5, 5.41) is 16.5. The lowest BCUT2D eigenvalue weighted by molar-refractivity contribution is -0.147. The average molecular weight is 300 g/mol. The molecule has 0 spiro atoms. The summed E-state index contributed by atoms with van der Waals surface area (Å²) in [5.74, 6) is -0.538. The van der Waals surface area contributed by atoms with Crippen LogP contribution in [0.15, 0.2) is 35.4 Å². The standard InChI is InChI=1S/C15H16N4O3/c1-11(20)19-15(2,22-14(18-19)8-9-16)10-13(21)17-12-6-4-3-5-7-12/h3-7H,8,10H2,1-2H3,(H,17,21)/t15-/m0/s1. The molecule has 1 aromatic carbocycles. The van der Waals surface area contributed by atoms with Crippen LogP contribution < -0.4 is 5.32 Å². The number of hydrogen-bond acceptors (Lipinski definition) is 5. The van der Waals surface area contributed by atoms with Crippen molar-refractivity contribution in [2.24, 2.45) is 5.10 Å². The molecule has 114 valence electrons. The molecule has 0 aromatic heterocycles. The number of carbonyl (C=O) groups excluding carboxylic acids is 2. The Morgan fingerprint density at radius 1 is 1.41 bits per heavy atom. The topological polar surface area (TPSA) is 94.8 Å². The van der Waals surface area contributed by atoms with Crippen LogP contribution in [0, 0.1) is 11.3 Å². The van der Waals surface area contributed by atoms with Crippen molar-refractivity contribution >= 4 is 23.4 Å². The maximum Gasteiger partial charge on any atom is 0.243 e. The van der Waals surface area contributed by atoms with Gasteiger partial charge < -0.3 is 10.1 Å². The van der Waals surface area contributed by atoms with Crippen molar-refractivity contribution < 1.29 is 14.3 Å². The molecule has 2 amide bonds. The Morgan fingerprint density at radius 2 is 2.09 bits per heavy atom. The van der Waals surface area contributed by atoms with Gasteiger partial charge >= 0.3 is 0 Å². The molecule has 1 heterocycles. The number of nitrogens with one attached hydrogen (secondary N) is 1. The number of carbonyl (C=O) groups is 2. The summed E-state index contributed by atoms with van der Waals surface area (Å²) in [7, 11) is 0. The number of amides is 2. The van der Waals surface area contributed by atoms with E-state index in [0.29, 0.717) is 5.69 Å². The minimum atomic E-state index is -1.23. The minimum absolute atomic E-state index is 0.0559. The van der Waals surface area contributed by atoms with E-state index in [2.05, 4.69) is 10.4 Å². The summed E-state index contributed by atoms with van der Waals surface area (Å²) in [4.78, 5) is 23.8. The van der Waals surface area contributed by atoms with Crippen molar-refractivity contribution in [3.63, 3.8) is 0 Å². The fourth-order valence-corrected chi connectivity index (χ4v) is 2.21. The molecular weight excluding hydrogens is 284 g/mol. The highest BCUT2D eigenvalue weighted by atomic mass is 16.6. The number of nitrogens with zero attached hydrogens (tertiary/aromatic N) is 3. The molecule has 0 saturated heterocycles. The molecule has 0 radical (unpaired) electrons. The molecule has 0 bridgehead atoms. The summed E-state index contributed by atoms with van der Waals surface area (Å²) >= 11 is 0. The number of hydrogen-bond donors (Lipinski definition) is 1. The number of benzene rings is 1. The Balaban J connectivity index is 2.08. The average Bonchev–Trinajstić information content (AvgIpc) is 2.76. The van der Waals surface area contributed by atoms with Crippen molar-refractivity contribution in [2.75, 3.05) is 5.32 Å². The van der Waals surface area contributed by atoms with Gasteiger partial charge in [-0.1, -0.05) is 18.2 Å². The van der Waals surface area contributed by atoms with E-state index in [4.69, 9.17) is 10.00 Å². The predicted octanol–water partition coefficient (Wildman–Crippen LogP) is 1.84. The van der Waals surface area contributed by atoms with Crippen molar-refractivity contribution in [3.05, 3.63) is 30.3 Å². The second-order valence-corrected chi connectivity index (χ2v) is 5.03. The molecule has 7 nitrogen and oxygen atoms in total. The zero-order chi connectivity index (χ0) is 16.2. The van der Waals surface area contributed by atoms with Crippen LogP contribution in [0.5, 0.6) is 0 Å².